The highest BCUT2D eigenvalue weighted by Crippen LogP contribution is 2.52. The highest BCUT2D eigenvalue weighted by molar-refractivity contribution is 7.92. The zero-order valence-corrected chi connectivity index (χ0v) is 21.6. The molecule has 1 atom stereocenters. The molecule has 12 heteroatoms. The third-order valence-corrected chi connectivity index (χ3v) is 9.75. The van der Waals surface area contributed by atoms with Gasteiger partial charge < -0.3 is 24.4 Å². The Morgan fingerprint density at radius 3 is 2.82 bits per heavy atom. The second kappa shape index (κ2) is 7.79. The monoisotopic (exact) mass is 536 g/mol. The predicted octanol–water partition coefficient (Wildman–Crippen LogP) is 2.85. The van der Waals surface area contributed by atoms with Crippen LogP contribution in [0.4, 0.5) is 10.1 Å². The molecule has 2 spiro atoms. The van der Waals surface area contributed by atoms with Crippen molar-refractivity contribution in [3.8, 4) is 11.4 Å². The smallest absolute Gasteiger partial charge is 0.273 e. The molecule has 0 saturated carbocycles. The molecule has 3 aromatic rings. The lowest BCUT2D eigenvalue weighted by Crippen LogP contribution is -2.63. The minimum absolute atomic E-state index is 0.0938. The van der Waals surface area contributed by atoms with Crippen molar-refractivity contribution in [2.75, 3.05) is 37.0 Å². The summed E-state index contributed by atoms with van der Waals surface area (Å²) in [5.41, 5.74) is 3.05. The zero-order chi connectivity index (χ0) is 26.3. The van der Waals surface area contributed by atoms with E-state index in [1.165, 1.54) is 6.07 Å². The van der Waals surface area contributed by atoms with E-state index in [2.05, 4.69) is 20.4 Å². The van der Waals surface area contributed by atoms with Gasteiger partial charge in [-0.3, -0.25) is 0 Å². The summed E-state index contributed by atoms with van der Waals surface area (Å²) in [7, 11) is -1.48. The lowest BCUT2D eigenvalue weighted by Gasteiger charge is -2.50. The van der Waals surface area contributed by atoms with Crippen LogP contribution in [0.25, 0.3) is 11.8 Å². The lowest BCUT2D eigenvalue weighted by atomic mass is 9.78. The Morgan fingerprint density at radius 1 is 1.24 bits per heavy atom. The van der Waals surface area contributed by atoms with Gasteiger partial charge in [-0.2, -0.15) is 0 Å². The third-order valence-electron chi connectivity index (χ3n) is 7.65. The Labute approximate surface area is 218 Å². The van der Waals surface area contributed by atoms with Crippen molar-refractivity contribution < 1.29 is 22.4 Å². The molecule has 2 aromatic heterocycles. The maximum atomic E-state index is 13.9. The quantitative estimate of drug-likeness (QED) is 0.544. The predicted molar refractivity (Wildman–Crippen MR) is 138 cm³/mol. The van der Waals surface area contributed by atoms with Gasteiger partial charge in [-0.15, -0.1) is 0 Å². The number of benzene rings is 1. The van der Waals surface area contributed by atoms with Crippen molar-refractivity contribution in [1.82, 2.24) is 19.4 Å². The van der Waals surface area contributed by atoms with Crippen molar-refractivity contribution in [2.45, 2.75) is 19.1 Å². The van der Waals surface area contributed by atoms with Crippen LogP contribution in [0.3, 0.4) is 0 Å². The second-order valence-electron chi connectivity index (χ2n) is 10.5. The normalized spacial score (nSPS) is 25.0. The van der Waals surface area contributed by atoms with Gasteiger partial charge in [0.15, 0.2) is 15.7 Å². The minimum atomic E-state index is -3.10. The molecule has 7 rings (SSSR count). The van der Waals surface area contributed by atoms with E-state index in [1.807, 2.05) is 46.9 Å². The van der Waals surface area contributed by atoms with Crippen molar-refractivity contribution in [3.05, 3.63) is 71.3 Å². The summed E-state index contributed by atoms with van der Waals surface area (Å²) in [6.45, 7) is 2.69. The van der Waals surface area contributed by atoms with Gasteiger partial charge in [-0.25, -0.2) is 22.8 Å². The lowest BCUT2D eigenvalue weighted by molar-refractivity contribution is -0.103. The highest BCUT2D eigenvalue weighted by Gasteiger charge is 2.61. The summed E-state index contributed by atoms with van der Waals surface area (Å²) >= 11 is 0. The number of amidine groups is 1. The Kier molecular flexibility index (Phi) is 4.76. The number of pyridine rings is 1. The number of aromatic nitrogens is 3. The van der Waals surface area contributed by atoms with E-state index in [4.69, 9.17) is 9.57 Å². The molecule has 196 valence electrons. The molecule has 2 fully saturated rings. The van der Waals surface area contributed by atoms with Gasteiger partial charge in [0.25, 0.3) is 5.72 Å². The van der Waals surface area contributed by atoms with Gasteiger partial charge in [0.05, 0.1) is 54.8 Å². The molecule has 10 nitrogen and oxygen atoms in total. The van der Waals surface area contributed by atoms with Crippen LogP contribution in [-0.2, 0) is 20.4 Å². The molecule has 1 N–H and O–H groups in total. The topological polar surface area (TPSA) is 111 Å². The molecule has 1 unspecified atom stereocenters. The SMILES string of the molecule is COc1cc(C=C2CC3(CN4C2=NOC42CNc4cc(F)cnc42)CS(=O)(=O)C3)ccc1-n1cnc(C)c1. The molecule has 0 bridgehead atoms. The Morgan fingerprint density at radius 2 is 2.08 bits per heavy atom. The number of aryl methyl sites for hydroxylation is 1. The Bertz CT molecular complexity index is 1650. The zero-order valence-electron chi connectivity index (χ0n) is 20.8. The fraction of sp³-hybridized carbons (Fsp3) is 0.346. The van der Waals surface area contributed by atoms with Gasteiger partial charge >= 0.3 is 0 Å². The summed E-state index contributed by atoms with van der Waals surface area (Å²) in [5.74, 6) is 1.05. The number of ether oxygens (including phenoxy) is 1. The molecule has 4 aliphatic rings. The third kappa shape index (κ3) is 3.43. The van der Waals surface area contributed by atoms with Crippen LogP contribution >= 0.6 is 0 Å². The molecule has 2 saturated heterocycles. The number of hydrogen-bond donors (Lipinski definition) is 1. The summed E-state index contributed by atoms with van der Waals surface area (Å²) in [6, 6.07) is 7.26. The van der Waals surface area contributed by atoms with Gasteiger partial charge in [0.1, 0.15) is 17.3 Å². The fourth-order valence-corrected chi connectivity index (χ4v) is 8.30. The summed E-state index contributed by atoms with van der Waals surface area (Å²) < 4.78 is 46.1. The molecule has 1 aromatic carbocycles. The van der Waals surface area contributed by atoms with Crippen molar-refractivity contribution in [2.24, 2.45) is 10.6 Å². The number of methoxy groups -OCH3 is 1. The van der Waals surface area contributed by atoms with E-state index >= 15 is 0 Å². The number of nitrogens with one attached hydrogen (secondary N) is 1. The summed E-state index contributed by atoms with van der Waals surface area (Å²) in [6.07, 6.45) is 7.38. The van der Waals surface area contributed by atoms with Crippen LogP contribution in [0.5, 0.6) is 5.75 Å². The van der Waals surface area contributed by atoms with E-state index < -0.39 is 26.8 Å². The maximum absolute atomic E-state index is 13.9. The summed E-state index contributed by atoms with van der Waals surface area (Å²) in [4.78, 5) is 16.7. The van der Waals surface area contributed by atoms with E-state index in [0.717, 1.165) is 28.7 Å². The van der Waals surface area contributed by atoms with Gasteiger partial charge in [0.2, 0.25) is 0 Å². The number of halogens is 1. The largest absolute Gasteiger partial charge is 0.495 e. The molecule has 6 heterocycles. The van der Waals surface area contributed by atoms with E-state index in [1.54, 1.807) is 13.4 Å². The molecular weight excluding hydrogens is 511 g/mol. The van der Waals surface area contributed by atoms with Crippen LogP contribution in [-0.4, -0.2) is 65.4 Å². The Balaban J connectivity index is 1.29. The van der Waals surface area contributed by atoms with Crippen molar-refractivity contribution >= 4 is 27.4 Å². The van der Waals surface area contributed by atoms with Crippen LogP contribution < -0.4 is 10.1 Å². The number of hydrogen-bond acceptors (Lipinski definition) is 9. The number of oxime groups is 1. The average Bonchev–Trinajstić information content (AvgIpc) is 3.56. The van der Waals surface area contributed by atoms with Crippen LogP contribution in [0, 0.1) is 18.2 Å². The van der Waals surface area contributed by atoms with Gasteiger partial charge in [-0.05, 0) is 42.7 Å². The number of rotatable bonds is 3. The van der Waals surface area contributed by atoms with Crippen LogP contribution in [0.15, 0.2) is 53.7 Å². The first-order chi connectivity index (χ1) is 18.2. The number of piperidine rings is 1. The standard InChI is InChI=1S/C26H25FN6O4S/c1-16-10-32(15-30-16)21-4-3-17(6-22(21)36-2)5-18-8-25(13-38(34,35)14-25)12-33-24(18)31-37-26(33)11-29-20-7-19(27)9-28-23(20)26/h3-7,9-10,15,29H,8,11-14H2,1-2H3. The van der Waals surface area contributed by atoms with Crippen LogP contribution in [0.1, 0.15) is 23.4 Å². The number of sulfone groups is 1. The van der Waals surface area contributed by atoms with E-state index in [9.17, 15) is 12.8 Å². The minimum Gasteiger partial charge on any atom is -0.495 e. The number of fused-ring (bicyclic) bond motifs is 4. The number of anilines is 1. The molecule has 0 amide bonds. The first-order valence-corrected chi connectivity index (χ1v) is 14.1. The molecule has 38 heavy (non-hydrogen) atoms. The molecule has 4 aliphatic heterocycles. The first-order valence-electron chi connectivity index (χ1n) is 12.2. The van der Waals surface area contributed by atoms with E-state index in [-0.39, 0.29) is 11.5 Å². The summed E-state index contributed by atoms with van der Waals surface area (Å²) in [5, 5.41) is 7.66. The fourth-order valence-electron chi connectivity index (χ4n) is 6.13. The molecular formula is C26H25FN6O4S. The first kappa shape index (κ1) is 23.2. The van der Waals surface area contributed by atoms with Crippen LogP contribution in [0.2, 0.25) is 0 Å². The molecule has 0 radical (unpaired) electrons. The highest BCUT2D eigenvalue weighted by atomic mass is 32.2. The average molecular weight is 537 g/mol. The van der Waals surface area contributed by atoms with E-state index in [0.29, 0.717) is 42.5 Å². The van der Waals surface area contributed by atoms with Crippen molar-refractivity contribution in [1.29, 1.82) is 0 Å². The number of imidazole rings is 1. The van der Waals surface area contributed by atoms with Gasteiger partial charge in [-0.1, -0.05) is 11.2 Å². The number of nitrogens with zero attached hydrogens (tertiary/aromatic N) is 5. The van der Waals surface area contributed by atoms with Crippen molar-refractivity contribution in [3.63, 3.8) is 0 Å². The molecule has 0 aliphatic carbocycles. The maximum Gasteiger partial charge on any atom is 0.273 e. The Hall–Kier alpha value is -3.93. The second-order valence-corrected chi connectivity index (χ2v) is 12.6. The van der Waals surface area contributed by atoms with Gasteiger partial charge in [0, 0.05) is 24.2 Å².